The van der Waals surface area contributed by atoms with Gasteiger partial charge >= 0.3 is 0 Å². The molecular formula is C25H33N3O2. The van der Waals surface area contributed by atoms with Crippen molar-refractivity contribution in [3.8, 4) is 0 Å². The second-order valence-corrected chi connectivity index (χ2v) is 8.37. The van der Waals surface area contributed by atoms with Crippen molar-refractivity contribution in [1.29, 1.82) is 0 Å². The predicted octanol–water partition coefficient (Wildman–Crippen LogP) is 3.58. The Bertz CT molecular complexity index is 853. The maximum atomic E-state index is 12.5. The van der Waals surface area contributed by atoms with Crippen LogP contribution >= 0.6 is 0 Å². The van der Waals surface area contributed by atoms with E-state index in [1.807, 2.05) is 36.1 Å². The van der Waals surface area contributed by atoms with E-state index in [0.717, 1.165) is 38.3 Å². The van der Waals surface area contributed by atoms with Gasteiger partial charge in [0.2, 0.25) is 5.91 Å². The Labute approximate surface area is 180 Å². The van der Waals surface area contributed by atoms with E-state index < -0.39 is 0 Å². The third kappa shape index (κ3) is 5.92. The van der Waals surface area contributed by atoms with Gasteiger partial charge in [-0.15, -0.1) is 0 Å². The van der Waals surface area contributed by atoms with Gasteiger partial charge in [-0.1, -0.05) is 56.3 Å². The zero-order valence-corrected chi connectivity index (χ0v) is 18.4. The van der Waals surface area contributed by atoms with Gasteiger partial charge in [0.1, 0.15) is 0 Å². The van der Waals surface area contributed by atoms with Crippen LogP contribution in [-0.2, 0) is 11.3 Å². The number of piperazine rings is 1. The van der Waals surface area contributed by atoms with E-state index in [0.29, 0.717) is 24.4 Å². The van der Waals surface area contributed by atoms with Crippen molar-refractivity contribution in [2.24, 2.45) is 0 Å². The molecule has 160 valence electrons. The van der Waals surface area contributed by atoms with E-state index in [-0.39, 0.29) is 11.8 Å². The molecule has 1 aliphatic heterocycles. The number of benzene rings is 2. The molecule has 0 saturated carbocycles. The molecule has 3 rings (SSSR count). The van der Waals surface area contributed by atoms with Crippen molar-refractivity contribution in [2.45, 2.75) is 39.7 Å². The van der Waals surface area contributed by atoms with Crippen LogP contribution in [0, 0.1) is 6.92 Å². The summed E-state index contributed by atoms with van der Waals surface area (Å²) >= 11 is 0. The summed E-state index contributed by atoms with van der Waals surface area (Å²) in [7, 11) is 0. The molecule has 2 aromatic carbocycles. The first-order chi connectivity index (χ1) is 14.4. The molecule has 1 heterocycles. The minimum Gasteiger partial charge on any atom is -0.352 e. The maximum Gasteiger partial charge on any atom is 0.251 e. The molecule has 1 saturated heterocycles. The van der Waals surface area contributed by atoms with E-state index in [4.69, 9.17) is 0 Å². The lowest BCUT2D eigenvalue weighted by Gasteiger charge is -2.35. The summed E-state index contributed by atoms with van der Waals surface area (Å²) in [5.74, 6) is 0.547. The number of hydrogen-bond acceptors (Lipinski definition) is 3. The largest absolute Gasteiger partial charge is 0.352 e. The van der Waals surface area contributed by atoms with E-state index in [9.17, 15) is 9.59 Å². The fraction of sp³-hybridized carbons (Fsp3) is 0.440. The molecule has 0 spiro atoms. The van der Waals surface area contributed by atoms with Gasteiger partial charge in [0, 0.05) is 51.3 Å². The summed E-state index contributed by atoms with van der Waals surface area (Å²) in [6.45, 7) is 10.9. The lowest BCUT2D eigenvalue weighted by Crippen LogP contribution is -2.48. The van der Waals surface area contributed by atoms with Crippen molar-refractivity contribution >= 4 is 11.8 Å². The summed E-state index contributed by atoms with van der Waals surface area (Å²) < 4.78 is 0. The van der Waals surface area contributed by atoms with Gasteiger partial charge < -0.3 is 10.2 Å². The highest BCUT2D eigenvalue weighted by Gasteiger charge is 2.21. The minimum absolute atomic E-state index is 0.112. The first-order valence-electron chi connectivity index (χ1n) is 10.9. The fourth-order valence-corrected chi connectivity index (χ4v) is 3.79. The van der Waals surface area contributed by atoms with Crippen LogP contribution < -0.4 is 5.32 Å². The molecule has 0 unspecified atom stereocenters. The second-order valence-electron chi connectivity index (χ2n) is 8.37. The lowest BCUT2D eigenvalue weighted by molar-refractivity contribution is -0.132. The normalized spacial score (nSPS) is 14.7. The summed E-state index contributed by atoms with van der Waals surface area (Å²) in [5, 5.41) is 2.87. The number of carbonyl (C=O) groups is 2. The Morgan fingerprint density at radius 2 is 1.63 bits per heavy atom. The molecule has 0 radical (unpaired) electrons. The van der Waals surface area contributed by atoms with E-state index in [1.165, 1.54) is 11.1 Å². The van der Waals surface area contributed by atoms with Crippen LogP contribution in [0.4, 0.5) is 0 Å². The number of nitrogens with one attached hydrogen (secondary N) is 1. The Kier molecular flexibility index (Phi) is 7.63. The number of aryl methyl sites for hydroxylation is 1. The SMILES string of the molecule is Cc1ccccc1C(=O)NCCC(=O)N1CCN(Cc2ccc(C(C)C)cc2)CC1. The van der Waals surface area contributed by atoms with Crippen LogP contribution in [0.1, 0.15) is 53.2 Å². The first kappa shape index (κ1) is 22.0. The predicted molar refractivity (Wildman–Crippen MR) is 121 cm³/mol. The van der Waals surface area contributed by atoms with Gasteiger partial charge in [-0.25, -0.2) is 0 Å². The average Bonchev–Trinajstić information content (AvgIpc) is 2.75. The molecule has 0 bridgehead atoms. The quantitative estimate of drug-likeness (QED) is 0.763. The van der Waals surface area contributed by atoms with Gasteiger partial charge in [0.25, 0.3) is 5.91 Å². The summed E-state index contributed by atoms with van der Waals surface area (Å²) in [4.78, 5) is 29.1. The molecule has 5 nitrogen and oxygen atoms in total. The van der Waals surface area contributed by atoms with Crippen LogP contribution in [0.2, 0.25) is 0 Å². The van der Waals surface area contributed by atoms with Crippen molar-refractivity contribution in [2.75, 3.05) is 32.7 Å². The first-order valence-corrected chi connectivity index (χ1v) is 10.9. The van der Waals surface area contributed by atoms with Gasteiger partial charge in [-0.3, -0.25) is 14.5 Å². The lowest BCUT2D eigenvalue weighted by atomic mass is 10.0. The smallest absolute Gasteiger partial charge is 0.251 e. The number of rotatable bonds is 7. The summed E-state index contributed by atoms with van der Waals surface area (Å²) in [5.41, 5.74) is 4.29. The highest BCUT2D eigenvalue weighted by molar-refractivity contribution is 5.95. The average molecular weight is 408 g/mol. The Hall–Kier alpha value is -2.66. The standard InChI is InChI=1S/C25H33N3O2/c1-19(2)22-10-8-21(9-11-22)18-27-14-16-28(17-15-27)24(29)12-13-26-25(30)23-7-5-4-6-20(23)3/h4-11,19H,12-18H2,1-3H3,(H,26,30). The topological polar surface area (TPSA) is 52.7 Å². The number of hydrogen-bond donors (Lipinski definition) is 1. The molecule has 1 fully saturated rings. The molecule has 1 N–H and O–H groups in total. The molecule has 5 heteroatoms. The van der Waals surface area contributed by atoms with Gasteiger partial charge in [-0.05, 0) is 35.6 Å². The van der Waals surface area contributed by atoms with Gasteiger partial charge in [0.05, 0.1) is 0 Å². The highest BCUT2D eigenvalue weighted by Crippen LogP contribution is 2.16. The molecule has 2 amide bonds. The fourth-order valence-electron chi connectivity index (χ4n) is 3.79. The maximum absolute atomic E-state index is 12.5. The van der Waals surface area contributed by atoms with Crippen molar-refractivity contribution < 1.29 is 9.59 Å². The van der Waals surface area contributed by atoms with Crippen molar-refractivity contribution in [3.05, 3.63) is 70.8 Å². The van der Waals surface area contributed by atoms with Gasteiger partial charge in [-0.2, -0.15) is 0 Å². The molecule has 30 heavy (non-hydrogen) atoms. The third-order valence-corrected chi connectivity index (χ3v) is 5.79. The Morgan fingerprint density at radius 1 is 0.967 bits per heavy atom. The third-order valence-electron chi connectivity index (χ3n) is 5.79. The van der Waals surface area contributed by atoms with E-state index in [2.05, 4.69) is 48.3 Å². The molecule has 0 aromatic heterocycles. The van der Waals surface area contributed by atoms with Crippen LogP contribution in [0.15, 0.2) is 48.5 Å². The van der Waals surface area contributed by atoms with Crippen LogP contribution in [0.3, 0.4) is 0 Å². The monoisotopic (exact) mass is 407 g/mol. The molecule has 1 aliphatic rings. The minimum atomic E-state index is -0.116. The zero-order chi connectivity index (χ0) is 21.5. The Balaban J connectivity index is 1.38. The molecule has 0 aliphatic carbocycles. The van der Waals surface area contributed by atoms with Crippen LogP contribution in [-0.4, -0.2) is 54.3 Å². The summed E-state index contributed by atoms with van der Waals surface area (Å²) in [6, 6.07) is 16.3. The zero-order valence-electron chi connectivity index (χ0n) is 18.4. The highest BCUT2D eigenvalue weighted by atomic mass is 16.2. The summed E-state index contributed by atoms with van der Waals surface area (Å²) in [6.07, 6.45) is 0.342. The molecular weight excluding hydrogens is 374 g/mol. The number of amides is 2. The van der Waals surface area contributed by atoms with Crippen LogP contribution in [0.5, 0.6) is 0 Å². The molecule has 2 aromatic rings. The van der Waals surface area contributed by atoms with E-state index >= 15 is 0 Å². The van der Waals surface area contributed by atoms with Crippen molar-refractivity contribution in [3.63, 3.8) is 0 Å². The van der Waals surface area contributed by atoms with E-state index in [1.54, 1.807) is 0 Å². The number of carbonyl (C=O) groups excluding carboxylic acids is 2. The van der Waals surface area contributed by atoms with Crippen molar-refractivity contribution in [1.82, 2.24) is 15.1 Å². The second kappa shape index (κ2) is 10.4. The number of nitrogens with zero attached hydrogens (tertiary/aromatic N) is 2. The van der Waals surface area contributed by atoms with Crippen LogP contribution in [0.25, 0.3) is 0 Å². The molecule has 0 atom stereocenters. The Morgan fingerprint density at radius 3 is 2.27 bits per heavy atom. The van der Waals surface area contributed by atoms with Gasteiger partial charge in [0.15, 0.2) is 0 Å².